The molecule has 14 heavy (non-hydrogen) atoms. The van der Waals surface area contributed by atoms with Gasteiger partial charge in [0.1, 0.15) is 5.03 Å². The van der Waals surface area contributed by atoms with E-state index in [2.05, 4.69) is 14.7 Å². The second-order valence-electron chi connectivity index (χ2n) is 2.78. The van der Waals surface area contributed by atoms with Gasteiger partial charge >= 0.3 is 5.97 Å². The topological polar surface area (TPSA) is 52.1 Å². The molecule has 1 aromatic rings. The molecule has 1 heterocycles. The largest absolute Gasteiger partial charge is 0.469 e. The molecule has 1 rings (SSSR count). The summed E-state index contributed by atoms with van der Waals surface area (Å²) in [6.07, 6.45) is 4.92. The summed E-state index contributed by atoms with van der Waals surface area (Å²) in [7, 11) is 1.39. The number of aromatic nitrogens is 2. The molecule has 0 aromatic carbocycles. The van der Waals surface area contributed by atoms with Crippen molar-refractivity contribution in [3.63, 3.8) is 0 Å². The Morgan fingerprint density at radius 2 is 2.43 bits per heavy atom. The van der Waals surface area contributed by atoms with Crippen LogP contribution in [0.5, 0.6) is 0 Å². The van der Waals surface area contributed by atoms with Crippen molar-refractivity contribution in [2.45, 2.75) is 11.9 Å². The lowest BCUT2D eigenvalue weighted by Gasteiger charge is -2.07. The number of carbonyl (C=O) groups excluding carboxylic acids is 1. The first-order valence-corrected chi connectivity index (χ1v) is 5.19. The van der Waals surface area contributed by atoms with Gasteiger partial charge < -0.3 is 4.74 Å². The first-order chi connectivity index (χ1) is 6.74. The van der Waals surface area contributed by atoms with E-state index in [1.165, 1.54) is 18.9 Å². The highest BCUT2D eigenvalue weighted by Gasteiger charge is 2.13. The van der Waals surface area contributed by atoms with E-state index in [-0.39, 0.29) is 11.9 Å². The fourth-order valence-corrected chi connectivity index (χ4v) is 1.67. The minimum Gasteiger partial charge on any atom is -0.469 e. The summed E-state index contributed by atoms with van der Waals surface area (Å²) >= 11 is 1.50. The van der Waals surface area contributed by atoms with E-state index < -0.39 is 0 Å². The van der Waals surface area contributed by atoms with Crippen LogP contribution in [0, 0.1) is 5.92 Å². The van der Waals surface area contributed by atoms with Crippen LogP contribution < -0.4 is 0 Å². The van der Waals surface area contributed by atoms with Crippen LogP contribution in [0.25, 0.3) is 0 Å². The Labute approximate surface area is 87.1 Å². The minimum absolute atomic E-state index is 0.119. The number of thioether (sulfide) groups is 1. The molecule has 76 valence electrons. The van der Waals surface area contributed by atoms with Gasteiger partial charge in [-0.25, -0.2) is 4.98 Å². The third kappa shape index (κ3) is 3.33. The number of rotatable bonds is 4. The van der Waals surface area contributed by atoms with E-state index in [1.807, 2.05) is 6.92 Å². The molecular formula is C9H12N2O2S. The van der Waals surface area contributed by atoms with Crippen molar-refractivity contribution in [3.05, 3.63) is 18.6 Å². The second-order valence-corrected chi connectivity index (χ2v) is 3.82. The molecule has 0 saturated heterocycles. The predicted octanol–water partition coefficient (Wildman–Crippen LogP) is 1.38. The molecule has 0 saturated carbocycles. The quantitative estimate of drug-likeness (QED) is 0.557. The van der Waals surface area contributed by atoms with E-state index in [4.69, 9.17) is 0 Å². The fourth-order valence-electron chi connectivity index (χ4n) is 0.840. The number of methoxy groups -OCH3 is 1. The molecule has 0 N–H and O–H groups in total. The van der Waals surface area contributed by atoms with Crippen molar-refractivity contribution < 1.29 is 9.53 Å². The van der Waals surface area contributed by atoms with Crippen molar-refractivity contribution in [1.29, 1.82) is 0 Å². The van der Waals surface area contributed by atoms with E-state index in [1.54, 1.807) is 18.6 Å². The predicted molar refractivity (Wildman–Crippen MR) is 53.9 cm³/mol. The Balaban J connectivity index is 2.38. The van der Waals surface area contributed by atoms with Gasteiger partial charge in [0.15, 0.2) is 0 Å². The average Bonchev–Trinajstić information content (AvgIpc) is 2.26. The third-order valence-electron chi connectivity index (χ3n) is 1.62. The Bertz CT molecular complexity index is 292. The highest BCUT2D eigenvalue weighted by molar-refractivity contribution is 7.99. The summed E-state index contributed by atoms with van der Waals surface area (Å²) in [6.45, 7) is 1.83. The summed E-state index contributed by atoms with van der Waals surface area (Å²) < 4.78 is 4.61. The van der Waals surface area contributed by atoms with Crippen LogP contribution in [0.15, 0.2) is 23.6 Å². The van der Waals surface area contributed by atoms with Gasteiger partial charge in [0.25, 0.3) is 0 Å². The standard InChI is InChI=1S/C9H12N2O2S/c1-7(9(12)13-2)6-14-8-5-10-3-4-11-8/h3-5,7H,6H2,1-2H3. The summed E-state index contributed by atoms with van der Waals surface area (Å²) in [5, 5.41) is 0.822. The van der Waals surface area contributed by atoms with Crippen molar-refractivity contribution in [2.24, 2.45) is 5.92 Å². The first-order valence-electron chi connectivity index (χ1n) is 4.20. The molecule has 4 nitrogen and oxygen atoms in total. The number of esters is 1. The van der Waals surface area contributed by atoms with Gasteiger partial charge in [0, 0.05) is 18.1 Å². The number of hydrogen-bond acceptors (Lipinski definition) is 5. The first kappa shape index (κ1) is 11.0. The molecule has 0 spiro atoms. The maximum absolute atomic E-state index is 11.1. The minimum atomic E-state index is -0.193. The summed E-state index contributed by atoms with van der Waals surface area (Å²) in [5.74, 6) is 0.346. The highest BCUT2D eigenvalue weighted by atomic mass is 32.2. The number of carbonyl (C=O) groups is 1. The Morgan fingerprint density at radius 3 is 3.00 bits per heavy atom. The Morgan fingerprint density at radius 1 is 1.64 bits per heavy atom. The molecule has 0 fully saturated rings. The van der Waals surface area contributed by atoms with Crippen molar-refractivity contribution in [2.75, 3.05) is 12.9 Å². The Kier molecular flexibility index (Phi) is 4.39. The molecule has 0 aliphatic rings. The van der Waals surface area contributed by atoms with Gasteiger partial charge in [-0.2, -0.15) is 0 Å². The van der Waals surface area contributed by atoms with E-state index in [0.717, 1.165) is 5.03 Å². The third-order valence-corrected chi connectivity index (χ3v) is 2.80. The van der Waals surface area contributed by atoms with Crippen LogP contribution >= 0.6 is 11.8 Å². The molecule has 0 amide bonds. The fraction of sp³-hybridized carbons (Fsp3) is 0.444. The molecule has 0 aliphatic carbocycles. The van der Waals surface area contributed by atoms with Crippen LogP contribution in [0.1, 0.15) is 6.92 Å². The van der Waals surface area contributed by atoms with Gasteiger partial charge in [-0.3, -0.25) is 9.78 Å². The van der Waals surface area contributed by atoms with Gasteiger partial charge in [0.2, 0.25) is 0 Å². The molecule has 5 heteroatoms. The molecule has 0 bridgehead atoms. The van der Waals surface area contributed by atoms with Crippen LogP contribution in [0.4, 0.5) is 0 Å². The van der Waals surface area contributed by atoms with Crippen molar-refractivity contribution >= 4 is 17.7 Å². The zero-order valence-corrected chi connectivity index (χ0v) is 8.95. The van der Waals surface area contributed by atoms with Crippen LogP contribution in [0.3, 0.4) is 0 Å². The lowest BCUT2D eigenvalue weighted by molar-refractivity contribution is -0.143. The van der Waals surface area contributed by atoms with E-state index >= 15 is 0 Å². The summed E-state index contributed by atoms with van der Waals surface area (Å²) in [6, 6.07) is 0. The zero-order valence-electron chi connectivity index (χ0n) is 8.14. The normalized spacial score (nSPS) is 12.1. The van der Waals surface area contributed by atoms with Crippen molar-refractivity contribution in [1.82, 2.24) is 9.97 Å². The van der Waals surface area contributed by atoms with Gasteiger partial charge in [-0.15, -0.1) is 11.8 Å². The summed E-state index contributed by atoms with van der Waals surface area (Å²) in [5.41, 5.74) is 0. The maximum Gasteiger partial charge on any atom is 0.309 e. The SMILES string of the molecule is COC(=O)C(C)CSc1cnccn1. The smallest absolute Gasteiger partial charge is 0.309 e. The monoisotopic (exact) mass is 212 g/mol. The molecule has 0 aliphatic heterocycles. The van der Waals surface area contributed by atoms with Crippen LogP contribution in [-0.4, -0.2) is 28.8 Å². The lowest BCUT2D eigenvalue weighted by Crippen LogP contribution is -2.14. The number of ether oxygens (including phenoxy) is 1. The van der Waals surface area contributed by atoms with Gasteiger partial charge in [-0.05, 0) is 0 Å². The van der Waals surface area contributed by atoms with E-state index in [9.17, 15) is 4.79 Å². The number of hydrogen-bond donors (Lipinski definition) is 0. The summed E-state index contributed by atoms with van der Waals surface area (Å²) in [4.78, 5) is 19.1. The Hall–Kier alpha value is -1.10. The second kappa shape index (κ2) is 5.59. The maximum atomic E-state index is 11.1. The molecular weight excluding hydrogens is 200 g/mol. The highest BCUT2D eigenvalue weighted by Crippen LogP contribution is 2.17. The average molecular weight is 212 g/mol. The molecule has 1 aromatic heterocycles. The van der Waals surface area contributed by atoms with Gasteiger partial charge in [-0.1, -0.05) is 6.92 Å². The van der Waals surface area contributed by atoms with Crippen LogP contribution in [0.2, 0.25) is 0 Å². The molecule has 1 atom stereocenters. The molecule has 0 radical (unpaired) electrons. The van der Waals surface area contributed by atoms with E-state index in [0.29, 0.717) is 5.75 Å². The lowest BCUT2D eigenvalue weighted by atomic mass is 10.2. The van der Waals surface area contributed by atoms with Gasteiger partial charge in [0.05, 0.1) is 19.2 Å². The van der Waals surface area contributed by atoms with Crippen LogP contribution in [-0.2, 0) is 9.53 Å². The number of nitrogens with zero attached hydrogens (tertiary/aromatic N) is 2. The van der Waals surface area contributed by atoms with Crippen molar-refractivity contribution in [3.8, 4) is 0 Å². The zero-order chi connectivity index (χ0) is 10.4. The molecule has 1 unspecified atom stereocenters.